The highest BCUT2D eigenvalue weighted by Gasteiger charge is 2.40. The molecule has 0 amide bonds. The van der Waals surface area contributed by atoms with E-state index in [9.17, 15) is 0 Å². The second-order valence-corrected chi connectivity index (χ2v) is 7.58. The summed E-state index contributed by atoms with van der Waals surface area (Å²) in [6.45, 7) is 8.66. The van der Waals surface area contributed by atoms with E-state index in [1.165, 1.54) is 0 Å². The van der Waals surface area contributed by atoms with Crippen LogP contribution in [0.4, 0.5) is 0 Å². The van der Waals surface area contributed by atoms with Crippen molar-refractivity contribution in [2.24, 2.45) is 0 Å². The molecule has 1 aromatic carbocycles. The van der Waals surface area contributed by atoms with Crippen molar-refractivity contribution in [3.05, 3.63) is 42.2 Å². The summed E-state index contributed by atoms with van der Waals surface area (Å²) >= 11 is 0. The first-order valence-electron chi connectivity index (χ1n) is 8.19. The number of nitrogens with zero attached hydrogens (tertiary/aromatic N) is 2. The molecule has 23 heavy (non-hydrogen) atoms. The van der Waals surface area contributed by atoms with Crippen LogP contribution < -0.4 is 4.74 Å². The fourth-order valence-electron chi connectivity index (χ4n) is 3.81. The summed E-state index contributed by atoms with van der Waals surface area (Å²) in [5, 5.41) is 4.82. The van der Waals surface area contributed by atoms with Gasteiger partial charge in [-0.1, -0.05) is 12.1 Å². The number of methoxy groups -OCH3 is 1. The SMILES string of the molecule is COc1ccccc1-n1ccc(C2CC(C)(C)OC(C)(C)C2)n1. The molecular weight excluding hydrogens is 288 g/mol. The van der Waals surface area contributed by atoms with Gasteiger partial charge in [0.1, 0.15) is 11.4 Å². The van der Waals surface area contributed by atoms with E-state index in [0.717, 1.165) is 30.0 Å². The lowest BCUT2D eigenvalue weighted by molar-refractivity contribution is -0.162. The van der Waals surface area contributed by atoms with Gasteiger partial charge in [-0.3, -0.25) is 0 Å². The van der Waals surface area contributed by atoms with Crippen molar-refractivity contribution in [2.75, 3.05) is 7.11 Å². The molecule has 1 saturated heterocycles. The predicted molar refractivity (Wildman–Crippen MR) is 91.3 cm³/mol. The Morgan fingerprint density at radius 1 is 1.09 bits per heavy atom. The molecule has 0 radical (unpaired) electrons. The van der Waals surface area contributed by atoms with Crippen LogP contribution in [0, 0.1) is 0 Å². The Hall–Kier alpha value is -1.81. The van der Waals surface area contributed by atoms with Gasteiger partial charge in [0.15, 0.2) is 0 Å². The molecule has 4 nitrogen and oxygen atoms in total. The molecule has 1 aliphatic heterocycles. The van der Waals surface area contributed by atoms with Gasteiger partial charge in [-0.05, 0) is 58.7 Å². The van der Waals surface area contributed by atoms with Crippen LogP contribution in [0.15, 0.2) is 36.5 Å². The maximum absolute atomic E-state index is 6.19. The number of aromatic nitrogens is 2. The topological polar surface area (TPSA) is 36.3 Å². The molecule has 3 rings (SSSR count). The molecule has 4 heteroatoms. The predicted octanol–water partition coefficient (Wildman–Crippen LogP) is 4.33. The Kier molecular flexibility index (Phi) is 3.96. The fourth-order valence-corrected chi connectivity index (χ4v) is 3.81. The summed E-state index contributed by atoms with van der Waals surface area (Å²) in [7, 11) is 1.69. The van der Waals surface area contributed by atoms with Crippen LogP contribution in [0.5, 0.6) is 5.75 Å². The lowest BCUT2D eigenvalue weighted by atomic mass is 9.79. The quantitative estimate of drug-likeness (QED) is 0.846. The van der Waals surface area contributed by atoms with Crippen molar-refractivity contribution in [3.63, 3.8) is 0 Å². The van der Waals surface area contributed by atoms with Gasteiger partial charge in [-0.15, -0.1) is 0 Å². The zero-order valence-electron chi connectivity index (χ0n) is 14.7. The Morgan fingerprint density at radius 2 is 1.74 bits per heavy atom. The Morgan fingerprint density at radius 3 is 2.39 bits per heavy atom. The van der Waals surface area contributed by atoms with Gasteiger partial charge in [0.2, 0.25) is 0 Å². The molecule has 0 spiro atoms. The molecule has 0 atom stereocenters. The van der Waals surface area contributed by atoms with Gasteiger partial charge >= 0.3 is 0 Å². The number of benzene rings is 1. The molecule has 0 saturated carbocycles. The third-order valence-electron chi connectivity index (χ3n) is 4.39. The second kappa shape index (κ2) is 5.68. The van der Waals surface area contributed by atoms with E-state index >= 15 is 0 Å². The van der Waals surface area contributed by atoms with E-state index in [2.05, 4.69) is 33.8 Å². The Balaban J connectivity index is 1.90. The van der Waals surface area contributed by atoms with Crippen molar-refractivity contribution in [1.29, 1.82) is 0 Å². The van der Waals surface area contributed by atoms with Gasteiger partial charge < -0.3 is 9.47 Å². The molecule has 2 aromatic rings. The average molecular weight is 314 g/mol. The molecule has 0 bridgehead atoms. The van der Waals surface area contributed by atoms with Crippen LogP contribution in [0.3, 0.4) is 0 Å². The number of hydrogen-bond acceptors (Lipinski definition) is 3. The highest BCUT2D eigenvalue weighted by Crippen LogP contribution is 2.43. The molecule has 0 N–H and O–H groups in total. The van der Waals surface area contributed by atoms with Crippen LogP contribution in [0.1, 0.15) is 52.1 Å². The zero-order valence-corrected chi connectivity index (χ0v) is 14.7. The molecule has 2 heterocycles. The minimum Gasteiger partial charge on any atom is -0.494 e. The van der Waals surface area contributed by atoms with Crippen molar-refractivity contribution in [3.8, 4) is 11.4 Å². The van der Waals surface area contributed by atoms with Crippen LogP contribution in [-0.2, 0) is 4.74 Å². The van der Waals surface area contributed by atoms with Crippen LogP contribution in [-0.4, -0.2) is 28.1 Å². The molecular formula is C19H26N2O2. The number of rotatable bonds is 3. The lowest BCUT2D eigenvalue weighted by Crippen LogP contribution is -2.44. The van der Waals surface area contributed by atoms with Crippen LogP contribution in [0.2, 0.25) is 0 Å². The minimum atomic E-state index is -0.124. The monoisotopic (exact) mass is 314 g/mol. The maximum atomic E-state index is 6.19. The maximum Gasteiger partial charge on any atom is 0.144 e. The van der Waals surface area contributed by atoms with E-state index < -0.39 is 0 Å². The molecule has 124 valence electrons. The van der Waals surface area contributed by atoms with Crippen molar-refractivity contribution < 1.29 is 9.47 Å². The first-order valence-corrected chi connectivity index (χ1v) is 8.19. The second-order valence-electron chi connectivity index (χ2n) is 7.58. The molecule has 1 fully saturated rings. The highest BCUT2D eigenvalue weighted by molar-refractivity contribution is 5.46. The summed E-state index contributed by atoms with van der Waals surface area (Å²) in [5.74, 6) is 1.24. The van der Waals surface area contributed by atoms with Gasteiger partial charge in [-0.2, -0.15) is 5.10 Å². The minimum absolute atomic E-state index is 0.124. The standard InChI is InChI=1S/C19H26N2O2/c1-18(2)12-14(13-19(3,4)23-18)15-10-11-21(20-15)16-8-6-7-9-17(16)22-5/h6-11,14H,12-13H2,1-5H3. The average Bonchev–Trinajstić information content (AvgIpc) is 2.93. The Labute approximate surface area is 138 Å². The van der Waals surface area contributed by atoms with Crippen molar-refractivity contribution in [1.82, 2.24) is 9.78 Å². The third kappa shape index (κ3) is 3.42. The van der Waals surface area contributed by atoms with E-state index in [1.807, 2.05) is 35.1 Å². The van der Waals surface area contributed by atoms with Crippen molar-refractivity contribution in [2.45, 2.75) is 57.7 Å². The summed E-state index contributed by atoms with van der Waals surface area (Å²) in [5.41, 5.74) is 1.84. The number of ether oxygens (including phenoxy) is 2. The largest absolute Gasteiger partial charge is 0.494 e. The van der Waals surface area contributed by atoms with Gasteiger partial charge in [0.05, 0.1) is 24.0 Å². The number of para-hydroxylation sites is 2. The summed E-state index contributed by atoms with van der Waals surface area (Å²) in [4.78, 5) is 0. The first-order chi connectivity index (χ1) is 10.8. The molecule has 0 unspecified atom stereocenters. The van der Waals surface area contributed by atoms with E-state index in [0.29, 0.717) is 5.92 Å². The summed E-state index contributed by atoms with van der Waals surface area (Å²) in [6.07, 6.45) is 3.99. The van der Waals surface area contributed by atoms with E-state index in [-0.39, 0.29) is 11.2 Å². The summed E-state index contributed by atoms with van der Waals surface area (Å²) in [6, 6.07) is 10.1. The van der Waals surface area contributed by atoms with E-state index in [4.69, 9.17) is 14.6 Å². The van der Waals surface area contributed by atoms with Crippen LogP contribution in [0.25, 0.3) is 5.69 Å². The lowest BCUT2D eigenvalue weighted by Gasteiger charge is -2.45. The fraction of sp³-hybridized carbons (Fsp3) is 0.526. The molecule has 0 aliphatic carbocycles. The molecule has 1 aromatic heterocycles. The van der Waals surface area contributed by atoms with Gasteiger partial charge in [0.25, 0.3) is 0 Å². The van der Waals surface area contributed by atoms with E-state index in [1.54, 1.807) is 7.11 Å². The third-order valence-corrected chi connectivity index (χ3v) is 4.39. The number of hydrogen-bond donors (Lipinski definition) is 0. The normalized spacial score (nSPS) is 20.4. The highest BCUT2D eigenvalue weighted by atomic mass is 16.5. The molecule has 1 aliphatic rings. The van der Waals surface area contributed by atoms with Crippen LogP contribution >= 0.6 is 0 Å². The Bertz CT molecular complexity index is 672. The summed E-state index contributed by atoms with van der Waals surface area (Å²) < 4.78 is 13.5. The van der Waals surface area contributed by atoms with Crippen molar-refractivity contribution >= 4 is 0 Å². The van der Waals surface area contributed by atoms with Gasteiger partial charge in [0, 0.05) is 12.1 Å². The first kappa shape index (κ1) is 16.1. The van der Waals surface area contributed by atoms with Gasteiger partial charge in [-0.25, -0.2) is 4.68 Å². The smallest absolute Gasteiger partial charge is 0.144 e. The zero-order chi connectivity index (χ0) is 16.7.